The Morgan fingerprint density at radius 3 is 2.20 bits per heavy atom. The molecule has 1 saturated carbocycles. The molecule has 1 aliphatic heterocycles. The molecule has 1 aliphatic carbocycles. The summed E-state index contributed by atoms with van der Waals surface area (Å²) in [6, 6.07) is 0. The van der Waals surface area contributed by atoms with Crippen LogP contribution in [0.5, 0.6) is 0 Å². The quantitative estimate of drug-likeness (QED) is 0.681. The third-order valence-corrected chi connectivity index (χ3v) is 4.09. The van der Waals surface area contributed by atoms with E-state index in [-0.39, 0.29) is 6.29 Å². The van der Waals surface area contributed by atoms with Gasteiger partial charge in [-0.2, -0.15) is 0 Å². The van der Waals surface area contributed by atoms with E-state index in [0.717, 1.165) is 45.3 Å². The van der Waals surface area contributed by atoms with Gasteiger partial charge in [0.2, 0.25) is 0 Å². The number of alkyl halides is 1. The molecule has 0 radical (unpaired) electrons. The Kier molecular flexibility index (Phi) is 4.30. The Morgan fingerprint density at radius 1 is 1.07 bits per heavy atom. The van der Waals surface area contributed by atoms with Crippen molar-refractivity contribution >= 4 is 11.6 Å². The zero-order valence-corrected chi connectivity index (χ0v) is 10.2. The van der Waals surface area contributed by atoms with Gasteiger partial charge in [0.1, 0.15) is 0 Å². The molecule has 0 amide bonds. The Bertz CT molecular complexity index is 182. The monoisotopic (exact) mass is 232 g/mol. The summed E-state index contributed by atoms with van der Waals surface area (Å²) in [5.41, 5.74) is 0. The maximum Gasteiger partial charge on any atom is 0.160 e. The molecule has 2 fully saturated rings. The van der Waals surface area contributed by atoms with E-state index >= 15 is 0 Å². The minimum Gasteiger partial charge on any atom is -0.352 e. The zero-order valence-electron chi connectivity index (χ0n) is 9.45. The normalized spacial score (nSPS) is 42.8. The summed E-state index contributed by atoms with van der Waals surface area (Å²) in [6.07, 6.45) is 5.77. The van der Waals surface area contributed by atoms with Gasteiger partial charge in [0.05, 0.1) is 13.2 Å². The van der Waals surface area contributed by atoms with E-state index in [1.807, 2.05) is 0 Å². The Morgan fingerprint density at radius 2 is 1.67 bits per heavy atom. The maximum absolute atomic E-state index is 6.08. The highest BCUT2D eigenvalue weighted by atomic mass is 35.5. The summed E-state index contributed by atoms with van der Waals surface area (Å²) in [4.78, 5) is 0. The molecule has 2 nitrogen and oxygen atoms in total. The van der Waals surface area contributed by atoms with E-state index in [1.165, 1.54) is 0 Å². The van der Waals surface area contributed by atoms with Crippen LogP contribution in [-0.4, -0.2) is 24.9 Å². The molecule has 1 saturated heterocycles. The van der Waals surface area contributed by atoms with E-state index in [1.54, 1.807) is 0 Å². The molecule has 2 rings (SSSR count). The number of rotatable bonds is 2. The predicted molar refractivity (Wildman–Crippen MR) is 61.1 cm³/mol. The van der Waals surface area contributed by atoms with Gasteiger partial charge in [-0.05, 0) is 32.1 Å². The summed E-state index contributed by atoms with van der Waals surface area (Å²) in [5, 5.41) is 0.383. The van der Waals surface area contributed by atoms with Gasteiger partial charge < -0.3 is 9.47 Å². The summed E-state index contributed by atoms with van der Waals surface area (Å²) in [5.74, 6) is 1.18. The fourth-order valence-electron chi connectivity index (χ4n) is 2.42. The van der Waals surface area contributed by atoms with Crippen LogP contribution in [0, 0.1) is 11.8 Å². The van der Waals surface area contributed by atoms with Crippen molar-refractivity contribution in [2.75, 3.05) is 13.2 Å². The van der Waals surface area contributed by atoms with Crippen molar-refractivity contribution in [3.63, 3.8) is 0 Å². The zero-order chi connectivity index (χ0) is 10.7. The lowest BCUT2D eigenvalue weighted by Crippen LogP contribution is -2.38. The minimum absolute atomic E-state index is 0.0527. The summed E-state index contributed by atoms with van der Waals surface area (Å²) >= 11 is 6.08. The molecule has 0 aromatic heterocycles. The standard InChI is InChI=1S/C12H21ClO2/c1-2-9-7-14-12(15-8-9)10-3-5-11(13)6-4-10/h9-12H,2-8H2,1H3/t9-,10-,11-,12-. The van der Waals surface area contributed by atoms with Gasteiger partial charge in [-0.1, -0.05) is 6.92 Å². The van der Waals surface area contributed by atoms with Gasteiger partial charge in [0.15, 0.2) is 6.29 Å². The molecule has 0 aromatic rings. The third kappa shape index (κ3) is 3.08. The van der Waals surface area contributed by atoms with Crippen LogP contribution in [0.2, 0.25) is 0 Å². The minimum atomic E-state index is 0.0527. The van der Waals surface area contributed by atoms with Crippen molar-refractivity contribution in [3.05, 3.63) is 0 Å². The summed E-state index contributed by atoms with van der Waals surface area (Å²) < 4.78 is 11.6. The van der Waals surface area contributed by atoms with E-state index in [9.17, 15) is 0 Å². The fraction of sp³-hybridized carbons (Fsp3) is 1.00. The van der Waals surface area contributed by atoms with Crippen LogP contribution in [0.15, 0.2) is 0 Å². The Hall–Kier alpha value is 0.210. The first-order valence-corrected chi connectivity index (χ1v) is 6.60. The topological polar surface area (TPSA) is 18.5 Å². The lowest BCUT2D eigenvalue weighted by molar-refractivity contribution is -0.228. The van der Waals surface area contributed by atoms with Crippen molar-refractivity contribution in [2.45, 2.75) is 50.7 Å². The van der Waals surface area contributed by atoms with Gasteiger partial charge in [-0.25, -0.2) is 0 Å². The maximum atomic E-state index is 6.08. The summed E-state index contributed by atoms with van der Waals surface area (Å²) in [7, 11) is 0. The first-order valence-electron chi connectivity index (χ1n) is 6.17. The van der Waals surface area contributed by atoms with Crippen LogP contribution < -0.4 is 0 Å². The fourth-order valence-corrected chi connectivity index (χ4v) is 2.67. The number of hydrogen-bond donors (Lipinski definition) is 0. The molecule has 2 aliphatic rings. The van der Waals surface area contributed by atoms with E-state index < -0.39 is 0 Å². The average Bonchev–Trinajstić information content (AvgIpc) is 2.30. The largest absolute Gasteiger partial charge is 0.352 e. The molecule has 0 N–H and O–H groups in total. The van der Waals surface area contributed by atoms with Crippen LogP contribution in [0.25, 0.3) is 0 Å². The highest BCUT2D eigenvalue weighted by Crippen LogP contribution is 2.33. The number of ether oxygens (including phenoxy) is 2. The molecule has 15 heavy (non-hydrogen) atoms. The lowest BCUT2D eigenvalue weighted by atomic mass is 9.88. The molecule has 88 valence electrons. The molecule has 0 bridgehead atoms. The van der Waals surface area contributed by atoms with Crippen molar-refractivity contribution in [2.24, 2.45) is 11.8 Å². The molecular weight excluding hydrogens is 212 g/mol. The van der Waals surface area contributed by atoms with Crippen LogP contribution in [-0.2, 0) is 9.47 Å². The van der Waals surface area contributed by atoms with E-state index in [0.29, 0.717) is 17.2 Å². The third-order valence-electron chi connectivity index (χ3n) is 3.66. The first-order chi connectivity index (χ1) is 7.29. The van der Waals surface area contributed by atoms with Crippen LogP contribution >= 0.6 is 11.6 Å². The summed E-state index contributed by atoms with van der Waals surface area (Å²) in [6.45, 7) is 3.94. The second kappa shape index (κ2) is 5.51. The van der Waals surface area contributed by atoms with Crippen molar-refractivity contribution in [1.82, 2.24) is 0 Å². The van der Waals surface area contributed by atoms with Crippen molar-refractivity contribution in [1.29, 1.82) is 0 Å². The highest BCUT2D eigenvalue weighted by Gasteiger charge is 2.31. The van der Waals surface area contributed by atoms with Crippen molar-refractivity contribution in [3.8, 4) is 0 Å². The second-order valence-electron chi connectivity index (χ2n) is 4.82. The number of halogens is 1. The van der Waals surface area contributed by atoms with Gasteiger partial charge in [-0.15, -0.1) is 11.6 Å². The molecule has 0 unspecified atom stereocenters. The second-order valence-corrected chi connectivity index (χ2v) is 5.44. The van der Waals surface area contributed by atoms with Gasteiger partial charge >= 0.3 is 0 Å². The molecule has 0 atom stereocenters. The van der Waals surface area contributed by atoms with Crippen LogP contribution in [0.3, 0.4) is 0 Å². The predicted octanol–water partition coefficient (Wildman–Crippen LogP) is 3.18. The Labute approximate surface area is 97.3 Å². The molecule has 1 heterocycles. The van der Waals surface area contributed by atoms with Crippen LogP contribution in [0.4, 0.5) is 0 Å². The lowest BCUT2D eigenvalue weighted by Gasteiger charge is -2.36. The van der Waals surface area contributed by atoms with Gasteiger partial charge in [-0.3, -0.25) is 0 Å². The molecule has 0 aromatic carbocycles. The van der Waals surface area contributed by atoms with Crippen LogP contribution in [0.1, 0.15) is 39.0 Å². The molecule has 3 heteroatoms. The van der Waals surface area contributed by atoms with Gasteiger partial charge in [0, 0.05) is 17.2 Å². The average molecular weight is 233 g/mol. The SMILES string of the molecule is CC[C@H]1CO[C@H]([C@H]2CC[C@H](Cl)CC2)OC1. The molecular formula is C12H21ClO2. The first kappa shape index (κ1) is 11.7. The van der Waals surface area contributed by atoms with Crippen molar-refractivity contribution < 1.29 is 9.47 Å². The van der Waals surface area contributed by atoms with E-state index in [4.69, 9.17) is 21.1 Å². The Balaban J connectivity index is 1.75. The molecule has 0 spiro atoms. The highest BCUT2D eigenvalue weighted by molar-refractivity contribution is 6.20. The smallest absolute Gasteiger partial charge is 0.160 e. The van der Waals surface area contributed by atoms with Gasteiger partial charge in [0.25, 0.3) is 0 Å². The number of hydrogen-bond acceptors (Lipinski definition) is 2. The van der Waals surface area contributed by atoms with E-state index in [2.05, 4.69) is 6.92 Å².